The molecule has 0 radical (unpaired) electrons. The number of nitrogens with one attached hydrogen (secondary N) is 2. The van der Waals surface area contributed by atoms with Gasteiger partial charge >= 0.3 is 0 Å². The van der Waals surface area contributed by atoms with E-state index in [1.807, 2.05) is 84.9 Å². The smallest absolute Gasteiger partial charge is 0.261 e. The summed E-state index contributed by atoms with van der Waals surface area (Å²) in [6.07, 6.45) is 3.52. The number of aryl methyl sites for hydroxylation is 5. The van der Waals surface area contributed by atoms with Gasteiger partial charge in [-0.3, -0.25) is 9.59 Å². The van der Waals surface area contributed by atoms with Crippen LogP contribution >= 0.6 is 0 Å². The summed E-state index contributed by atoms with van der Waals surface area (Å²) in [5, 5.41) is 14.1. The first-order valence-electron chi connectivity index (χ1n) is 14.9. The fraction of sp³-hybridized carbons (Fsp3) is 0.278. The zero-order chi connectivity index (χ0) is 32.7. The molecule has 3 N–H and O–H groups in total. The van der Waals surface area contributed by atoms with E-state index in [1.165, 1.54) is 0 Å². The molecule has 234 valence electrons. The van der Waals surface area contributed by atoms with E-state index in [2.05, 4.69) is 20.3 Å². The monoisotopic (exact) mass is 608 g/mol. The number of H-pyrrole nitrogens is 1. The topological polar surface area (TPSA) is 126 Å². The number of nitrogens with zero attached hydrogens (tertiary/aromatic N) is 2. The van der Waals surface area contributed by atoms with E-state index in [0.717, 1.165) is 39.1 Å². The molecule has 5 rings (SSSR count). The zero-order valence-electron chi connectivity index (χ0n) is 26.9. The average Bonchev–Trinajstić information content (AvgIpc) is 3.01. The van der Waals surface area contributed by atoms with Crippen LogP contribution in [0.4, 0.5) is 5.82 Å². The SMILES string of the molecule is CCOc1c(C)ccc(C)c1-c1c(O)c2cccnc2[nH]c1=O.CCOc1c(C)ccc(C)c1CC(=O)Nc1ncccc1C. The number of carbonyl (C=O) groups is 1. The summed E-state index contributed by atoms with van der Waals surface area (Å²) < 4.78 is 11.5. The minimum Gasteiger partial charge on any atom is -0.506 e. The standard InChI is InChI=1S/C18H18N2O3.C18H22N2O2/c1-4-23-16-11(3)8-7-10(2)13(16)14-15(21)12-6-5-9-19-17(12)20-18(14)22;1-5-22-17-13(3)9-8-12(2)15(17)11-16(21)20-18-14(4)7-6-10-19-18/h5-9H,4H2,1-3H3,(H2,19,20,21,22);6-10H,5,11H2,1-4H3,(H,19,20,21). The number of carbonyl (C=O) groups excluding carboxylic acids is 1. The third kappa shape index (κ3) is 7.32. The zero-order valence-corrected chi connectivity index (χ0v) is 26.9. The third-order valence-electron chi connectivity index (χ3n) is 7.45. The highest BCUT2D eigenvalue weighted by atomic mass is 16.5. The lowest BCUT2D eigenvalue weighted by Gasteiger charge is -2.16. The second kappa shape index (κ2) is 14.5. The maximum atomic E-state index is 12.6. The van der Waals surface area contributed by atoms with E-state index in [1.54, 1.807) is 24.5 Å². The van der Waals surface area contributed by atoms with Gasteiger partial charge in [0.15, 0.2) is 0 Å². The number of amides is 1. The van der Waals surface area contributed by atoms with E-state index in [4.69, 9.17) is 9.47 Å². The van der Waals surface area contributed by atoms with Gasteiger partial charge in [-0.1, -0.05) is 30.3 Å². The van der Waals surface area contributed by atoms with Crippen LogP contribution in [0, 0.1) is 34.6 Å². The highest BCUT2D eigenvalue weighted by Gasteiger charge is 2.21. The molecule has 0 saturated carbocycles. The fourth-order valence-electron chi connectivity index (χ4n) is 5.13. The van der Waals surface area contributed by atoms with Gasteiger partial charge in [0.25, 0.3) is 5.56 Å². The molecular weight excluding hydrogens is 568 g/mol. The molecule has 0 bridgehead atoms. The Bertz CT molecular complexity index is 1900. The Morgan fingerprint density at radius 3 is 2.07 bits per heavy atom. The van der Waals surface area contributed by atoms with E-state index < -0.39 is 0 Å². The van der Waals surface area contributed by atoms with Gasteiger partial charge in [0.2, 0.25) is 5.91 Å². The van der Waals surface area contributed by atoms with Gasteiger partial charge in [0.1, 0.15) is 28.7 Å². The highest BCUT2D eigenvalue weighted by Crippen LogP contribution is 2.40. The quantitative estimate of drug-likeness (QED) is 0.175. The summed E-state index contributed by atoms with van der Waals surface area (Å²) in [5.74, 6) is 1.88. The second-order valence-corrected chi connectivity index (χ2v) is 10.7. The Labute approximate surface area is 263 Å². The number of anilines is 1. The Morgan fingerprint density at radius 2 is 1.38 bits per heavy atom. The number of rotatable bonds is 8. The molecule has 3 heterocycles. The normalized spacial score (nSPS) is 10.6. The summed E-state index contributed by atoms with van der Waals surface area (Å²) >= 11 is 0. The van der Waals surface area contributed by atoms with Crippen LogP contribution < -0.4 is 20.3 Å². The van der Waals surface area contributed by atoms with Gasteiger partial charge < -0.3 is 24.9 Å². The minimum absolute atomic E-state index is 0.0773. The second-order valence-electron chi connectivity index (χ2n) is 10.7. The molecule has 2 aromatic carbocycles. The van der Waals surface area contributed by atoms with Crippen molar-refractivity contribution in [1.29, 1.82) is 0 Å². The Kier molecular flexibility index (Phi) is 10.6. The van der Waals surface area contributed by atoms with Crippen LogP contribution in [-0.2, 0) is 11.2 Å². The lowest BCUT2D eigenvalue weighted by Crippen LogP contribution is -2.17. The number of aromatic amines is 1. The molecule has 0 aliphatic heterocycles. The van der Waals surface area contributed by atoms with Gasteiger partial charge in [0.05, 0.1) is 30.6 Å². The molecule has 0 spiro atoms. The van der Waals surface area contributed by atoms with Crippen LogP contribution in [0.15, 0.2) is 65.7 Å². The average molecular weight is 609 g/mol. The van der Waals surface area contributed by atoms with Crippen molar-refractivity contribution in [3.8, 4) is 28.4 Å². The van der Waals surface area contributed by atoms with Crippen LogP contribution in [0.5, 0.6) is 17.2 Å². The lowest BCUT2D eigenvalue weighted by atomic mass is 9.96. The fourth-order valence-corrected chi connectivity index (χ4v) is 5.13. The molecule has 0 saturated heterocycles. The van der Waals surface area contributed by atoms with E-state index in [0.29, 0.717) is 41.4 Å². The van der Waals surface area contributed by atoms with Crippen LogP contribution in [-0.4, -0.2) is 39.2 Å². The number of hydrogen-bond donors (Lipinski definition) is 3. The number of hydrogen-bond acceptors (Lipinski definition) is 7. The van der Waals surface area contributed by atoms with Gasteiger partial charge in [-0.15, -0.1) is 0 Å². The van der Waals surface area contributed by atoms with Crippen LogP contribution in [0.25, 0.3) is 22.2 Å². The number of pyridine rings is 3. The Morgan fingerprint density at radius 1 is 0.778 bits per heavy atom. The predicted molar refractivity (Wildman–Crippen MR) is 179 cm³/mol. The van der Waals surface area contributed by atoms with Crippen molar-refractivity contribution in [1.82, 2.24) is 15.0 Å². The molecule has 45 heavy (non-hydrogen) atoms. The van der Waals surface area contributed by atoms with Crippen molar-refractivity contribution in [2.45, 2.75) is 54.9 Å². The first kappa shape index (κ1) is 32.7. The van der Waals surface area contributed by atoms with E-state index >= 15 is 0 Å². The van der Waals surface area contributed by atoms with Crippen molar-refractivity contribution in [3.63, 3.8) is 0 Å². The summed E-state index contributed by atoms with van der Waals surface area (Å²) in [6, 6.07) is 15.1. The van der Waals surface area contributed by atoms with Crippen molar-refractivity contribution in [2.75, 3.05) is 18.5 Å². The van der Waals surface area contributed by atoms with Crippen LogP contribution in [0.3, 0.4) is 0 Å². The van der Waals surface area contributed by atoms with Crippen molar-refractivity contribution in [2.24, 2.45) is 0 Å². The predicted octanol–water partition coefficient (Wildman–Crippen LogP) is 6.90. The van der Waals surface area contributed by atoms with Gasteiger partial charge in [-0.25, -0.2) is 9.97 Å². The maximum Gasteiger partial charge on any atom is 0.261 e. The van der Waals surface area contributed by atoms with Crippen LogP contribution in [0.2, 0.25) is 0 Å². The summed E-state index contributed by atoms with van der Waals surface area (Å²) in [6.45, 7) is 14.6. The molecular formula is C36H40N4O5. The summed E-state index contributed by atoms with van der Waals surface area (Å²) in [7, 11) is 0. The van der Waals surface area contributed by atoms with Gasteiger partial charge in [-0.2, -0.15) is 0 Å². The molecule has 9 nitrogen and oxygen atoms in total. The number of ether oxygens (including phenoxy) is 2. The first-order valence-corrected chi connectivity index (χ1v) is 14.9. The summed E-state index contributed by atoms with van der Waals surface area (Å²) in [4.78, 5) is 35.9. The maximum absolute atomic E-state index is 12.6. The molecule has 0 fully saturated rings. The Balaban J connectivity index is 0.000000205. The van der Waals surface area contributed by atoms with Crippen molar-refractivity contribution in [3.05, 3.63) is 105 Å². The van der Waals surface area contributed by atoms with Gasteiger partial charge in [-0.05, 0) is 94.5 Å². The summed E-state index contributed by atoms with van der Waals surface area (Å²) in [5.41, 5.74) is 6.58. The van der Waals surface area contributed by atoms with Crippen molar-refractivity contribution >= 4 is 22.8 Å². The first-order chi connectivity index (χ1) is 21.6. The molecule has 0 unspecified atom stereocenters. The van der Waals surface area contributed by atoms with Crippen molar-refractivity contribution < 1.29 is 19.4 Å². The van der Waals surface area contributed by atoms with Gasteiger partial charge in [0, 0.05) is 23.5 Å². The molecule has 9 heteroatoms. The number of benzene rings is 2. The molecule has 0 aliphatic rings. The molecule has 5 aromatic rings. The largest absolute Gasteiger partial charge is 0.506 e. The molecule has 0 aliphatic carbocycles. The number of fused-ring (bicyclic) bond motifs is 1. The molecule has 3 aromatic heterocycles. The Hall–Kier alpha value is -5.18. The number of aromatic hydroxyl groups is 1. The van der Waals surface area contributed by atoms with E-state index in [-0.39, 0.29) is 29.2 Å². The van der Waals surface area contributed by atoms with Crippen LogP contribution in [0.1, 0.15) is 47.2 Å². The highest BCUT2D eigenvalue weighted by molar-refractivity contribution is 5.93. The lowest BCUT2D eigenvalue weighted by molar-refractivity contribution is -0.115. The van der Waals surface area contributed by atoms with E-state index in [9.17, 15) is 14.7 Å². The number of aromatic nitrogens is 3. The molecule has 0 atom stereocenters. The molecule has 1 amide bonds. The third-order valence-corrected chi connectivity index (χ3v) is 7.45. The minimum atomic E-state index is -0.386.